The van der Waals surface area contributed by atoms with Gasteiger partial charge in [-0.15, -0.1) is 6.58 Å². The fraction of sp³-hybridized carbons (Fsp3) is 0.105. The van der Waals surface area contributed by atoms with E-state index in [-0.39, 0.29) is 35.7 Å². The van der Waals surface area contributed by atoms with Crippen LogP contribution < -0.4 is 5.32 Å². The van der Waals surface area contributed by atoms with E-state index in [1.54, 1.807) is 12.1 Å². The molecule has 0 radical (unpaired) electrons. The summed E-state index contributed by atoms with van der Waals surface area (Å²) in [5, 5.41) is 2.18. The van der Waals surface area contributed by atoms with Crippen molar-refractivity contribution >= 4 is 33.7 Å². The molecule has 1 N–H and O–H groups in total. The summed E-state index contributed by atoms with van der Waals surface area (Å²) >= 11 is 3.29. The van der Waals surface area contributed by atoms with Gasteiger partial charge in [0.1, 0.15) is 5.82 Å². The highest BCUT2D eigenvalue weighted by Gasteiger charge is 2.28. The topological polar surface area (TPSA) is 66.5 Å². The Morgan fingerprint density at radius 1 is 1.15 bits per heavy atom. The number of nitrogens with one attached hydrogen (secondary N) is 1. The van der Waals surface area contributed by atoms with E-state index in [9.17, 15) is 18.8 Å². The average Bonchev–Trinajstić information content (AvgIpc) is 2.90. The molecule has 5 nitrogen and oxygen atoms in total. The summed E-state index contributed by atoms with van der Waals surface area (Å²) in [5.41, 5.74) is 0.988. The first-order valence-electron chi connectivity index (χ1n) is 7.74. The van der Waals surface area contributed by atoms with E-state index in [0.717, 1.165) is 0 Å². The summed E-state index contributed by atoms with van der Waals surface area (Å²) in [6.07, 6.45) is 1.54. The predicted octanol–water partition coefficient (Wildman–Crippen LogP) is 3.30. The van der Waals surface area contributed by atoms with E-state index < -0.39 is 17.6 Å². The van der Waals surface area contributed by atoms with Gasteiger partial charge in [0.2, 0.25) is 0 Å². The van der Waals surface area contributed by atoms with Crippen molar-refractivity contribution in [2.24, 2.45) is 0 Å². The van der Waals surface area contributed by atoms with Gasteiger partial charge in [-0.1, -0.05) is 22.0 Å². The zero-order chi connectivity index (χ0) is 18.8. The molecule has 1 aliphatic heterocycles. The van der Waals surface area contributed by atoms with Crippen LogP contribution in [-0.4, -0.2) is 29.2 Å². The molecular weight excluding hydrogens is 403 g/mol. The quantitative estimate of drug-likeness (QED) is 0.600. The molecule has 0 spiro atoms. The van der Waals surface area contributed by atoms with Crippen LogP contribution in [0.25, 0.3) is 0 Å². The molecular formula is C19H14BrFN2O3. The van der Waals surface area contributed by atoms with Crippen LogP contribution in [0.4, 0.5) is 4.39 Å². The Kier molecular flexibility index (Phi) is 4.99. The van der Waals surface area contributed by atoms with Gasteiger partial charge in [-0.3, -0.25) is 19.7 Å². The maximum Gasteiger partial charge on any atom is 0.258 e. The molecule has 2 aromatic carbocycles. The number of halogens is 2. The molecule has 26 heavy (non-hydrogen) atoms. The lowest BCUT2D eigenvalue weighted by Crippen LogP contribution is -2.31. The predicted molar refractivity (Wildman–Crippen MR) is 97.3 cm³/mol. The van der Waals surface area contributed by atoms with Gasteiger partial charge in [0.25, 0.3) is 17.7 Å². The number of fused-ring (bicyclic) bond motifs is 1. The molecule has 0 unspecified atom stereocenters. The van der Waals surface area contributed by atoms with E-state index in [1.807, 2.05) is 0 Å². The number of nitrogens with zero attached hydrogens (tertiary/aromatic N) is 1. The monoisotopic (exact) mass is 416 g/mol. The van der Waals surface area contributed by atoms with Crippen LogP contribution in [0.15, 0.2) is 53.5 Å². The van der Waals surface area contributed by atoms with Crippen LogP contribution in [0, 0.1) is 5.82 Å². The number of hydrogen-bond acceptors (Lipinski definition) is 3. The first-order valence-corrected chi connectivity index (χ1v) is 8.54. The third-order valence-electron chi connectivity index (χ3n) is 3.99. The Hall–Kier alpha value is -2.80. The number of imide groups is 1. The number of rotatable bonds is 5. The van der Waals surface area contributed by atoms with E-state index in [4.69, 9.17) is 0 Å². The first kappa shape index (κ1) is 18.0. The highest BCUT2D eigenvalue weighted by molar-refractivity contribution is 9.10. The Balaban J connectivity index is 1.91. The van der Waals surface area contributed by atoms with E-state index in [1.165, 1.54) is 35.2 Å². The smallest absolute Gasteiger partial charge is 0.258 e. The maximum atomic E-state index is 14.0. The third kappa shape index (κ3) is 3.43. The minimum atomic E-state index is -0.534. The number of carbonyl (C=O) groups is 3. The SMILES string of the molecule is C=CCN(Cc1cc(Br)ccc1F)C(=O)c1ccc2c(c1)C(=O)NC2=O. The molecule has 0 bridgehead atoms. The summed E-state index contributed by atoms with van der Waals surface area (Å²) < 4.78 is 14.7. The van der Waals surface area contributed by atoms with Crippen molar-refractivity contribution in [2.75, 3.05) is 6.54 Å². The lowest BCUT2D eigenvalue weighted by atomic mass is 10.0. The van der Waals surface area contributed by atoms with Crippen molar-refractivity contribution in [3.05, 3.63) is 81.6 Å². The molecule has 2 aromatic rings. The van der Waals surface area contributed by atoms with Crippen molar-refractivity contribution in [3.8, 4) is 0 Å². The average molecular weight is 417 g/mol. The minimum absolute atomic E-state index is 0.0400. The number of carbonyl (C=O) groups excluding carboxylic acids is 3. The summed E-state index contributed by atoms with van der Waals surface area (Å²) in [7, 11) is 0. The van der Waals surface area contributed by atoms with Crippen LogP contribution in [0.5, 0.6) is 0 Å². The van der Waals surface area contributed by atoms with Crippen LogP contribution in [0.2, 0.25) is 0 Å². The van der Waals surface area contributed by atoms with Gasteiger partial charge in [-0.05, 0) is 36.4 Å². The summed E-state index contributed by atoms with van der Waals surface area (Å²) in [5.74, 6) is -1.83. The summed E-state index contributed by atoms with van der Waals surface area (Å²) in [6.45, 7) is 3.87. The van der Waals surface area contributed by atoms with Crippen molar-refractivity contribution < 1.29 is 18.8 Å². The van der Waals surface area contributed by atoms with E-state index in [2.05, 4.69) is 27.8 Å². The molecule has 1 heterocycles. The van der Waals surface area contributed by atoms with Crippen molar-refractivity contribution in [3.63, 3.8) is 0 Å². The Labute approximate surface area is 157 Å². The second-order valence-electron chi connectivity index (χ2n) is 5.75. The third-order valence-corrected chi connectivity index (χ3v) is 4.48. The first-order chi connectivity index (χ1) is 12.4. The zero-order valence-electron chi connectivity index (χ0n) is 13.6. The van der Waals surface area contributed by atoms with Crippen LogP contribution in [0.3, 0.4) is 0 Å². The number of amides is 3. The van der Waals surface area contributed by atoms with Gasteiger partial charge in [0.15, 0.2) is 0 Å². The molecule has 0 fully saturated rings. The standard InChI is InChI=1S/C19H14BrFN2O3/c1-2-7-23(10-12-8-13(20)4-6-16(12)21)19(26)11-3-5-14-15(9-11)18(25)22-17(14)24/h2-6,8-9H,1,7,10H2,(H,22,24,25). The highest BCUT2D eigenvalue weighted by atomic mass is 79.9. The number of hydrogen-bond donors (Lipinski definition) is 1. The molecule has 0 saturated heterocycles. The van der Waals surface area contributed by atoms with Crippen molar-refractivity contribution in [1.82, 2.24) is 10.2 Å². The summed E-state index contributed by atoms with van der Waals surface area (Å²) in [4.78, 5) is 37.7. The second kappa shape index (κ2) is 7.21. The molecule has 1 aliphatic rings. The molecule has 7 heteroatoms. The molecule has 0 atom stereocenters. The minimum Gasteiger partial charge on any atom is -0.330 e. The van der Waals surface area contributed by atoms with Crippen molar-refractivity contribution in [1.29, 1.82) is 0 Å². The molecule has 132 valence electrons. The molecule has 0 aliphatic carbocycles. The summed E-state index contributed by atoms with van der Waals surface area (Å²) in [6, 6.07) is 8.80. The second-order valence-corrected chi connectivity index (χ2v) is 6.67. The van der Waals surface area contributed by atoms with Crippen LogP contribution >= 0.6 is 15.9 Å². The highest BCUT2D eigenvalue weighted by Crippen LogP contribution is 2.21. The Bertz CT molecular complexity index is 942. The maximum absolute atomic E-state index is 14.0. The van der Waals surface area contributed by atoms with E-state index >= 15 is 0 Å². The Morgan fingerprint density at radius 3 is 2.62 bits per heavy atom. The normalized spacial score (nSPS) is 12.5. The zero-order valence-corrected chi connectivity index (χ0v) is 15.2. The lowest BCUT2D eigenvalue weighted by Gasteiger charge is -2.22. The van der Waals surface area contributed by atoms with Crippen LogP contribution in [-0.2, 0) is 6.54 Å². The largest absolute Gasteiger partial charge is 0.330 e. The Morgan fingerprint density at radius 2 is 1.88 bits per heavy atom. The lowest BCUT2D eigenvalue weighted by molar-refractivity contribution is 0.0760. The molecule has 0 saturated carbocycles. The fourth-order valence-electron chi connectivity index (χ4n) is 2.73. The molecule has 0 aromatic heterocycles. The molecule has 3 amide bonds. The van der Waals surface area contributed by atoms with Gasteiger partial charge in [-0.25, -0.2) is 4.39 Å². The fourth-order valence-corrected chi connectivity index (χ4v) is 3.14. The molecule has 3 rings (SSSR count). The number of benzene rings is 2. The van der Waals surface area contributed by atoms with Gasteiger partial charge in [-0.2, -0.15) is 0 Å². The van der Waals surface area contributed by atoms with Gasteiger partial charge >= 0.3 is 0 Å². The van der Waals surface area contributed by atoms with Gasteiger partial charge in [0.05, 0.1) is 11.1 Å². The van der Waals surface area contributed by atoms with E-state index in [0.29, 0.717) is 10.0 Å². The van der Waals surface area contributed by atoms with Crippen LogP contribution in [0.1, 0.15) is 36.6 Å². The van der Waals surface area contributed by atoms with Gasteiger partial charge in [0, 0.05) is 28.7 Å². The van der Waals surface area contributed by atoms with Crippen molar-refractivity contribution in [2.45, 2.75) is 6.54 Å². The van der Waals surface area contributed by atoms with Gasteiger partial charge < -0.3 is 4.90 Å².